The number of fused-ring (bicyclic) bond motifs is 5. The van der Waals surface area contributed by atoms with Crippen molar-refractivity contribution in [2.24, 2.45) is 0 Å². The van der Waals surface area contributed by atoms with Crippen LogP contribution in [0, 0.1) is 0 Å². The zero-order valence-electron chi connectivity index (χ0n) is 14.8. The van der Waals surface area contributed by atoms with Gasteiger partial charge in [0.05, 0.1) is 0 Å². The van der Waals surface area contributed by atoms with Crippen LogP contribution >= 0.6 is 23.5 Å². The average Bonchev–Trinajstić information content (AvgIpc) is 2.68. The fourth-order valence-corrected chi connectivity index (χ4v) is 4.30. The van der Waals surface area contributed by atoms with Gasteiger partial charge in [-0.2, -0.15) is 0 Å². The van der Waals surface area contributed by atoms with Gasteiger partial charge in [-0.15, -0.1) is 23.5 Å². The number of thioether (sulfide) groups is 2. The lowest BCUT2D eigenvalue weighted by Crippen LogP contribution is -2.04. The number of rotatable bonds is 2. The molecule has 24 heavy (non-hydrogen) atoms. The first-order valence-electron chi connectivity index (χ1n) is 8.57. The van der Waals surface area contributed by atoms with Crippen molar-refractivity contribution < 1.29 is 0 Å². The van der Waals surface area contributed by atoms with E-state index in [2.05, 4.69) is 61.0 Å². The summed E-state index contributed by atoms with van der Waals surface area (Å²) in [4.78, 5) is 2.70. The molecule has 0 saturated carbocycles. The summed E-state index contributed by atoms with van der Waals surface area (Å²) in [6.07, 6.45) is 6.60. The molecule has 1 aliphatic rings. The van der Waals surface area contributed by atoms with Gasteiger partial charge in [-0.3, -0.25) is 0 Å². The summed E-state index contributed by atoms with van der Waals surface area (Å²) < 4.78 is 0. The maximum atomic E-state index is 2.36. The van der Waals surface area contributed by atoms with E-state index in [4.69, 9.17) is 0 Å². The zero-order valence-corrected chi connectivity index (χ0v) is 16.5. The fourth-order valence-electron chi connectivity index (χ4n) is 3.42. The third-order valence-corrected chi connectivity index (χ3v) is 6.04. The molecule has 4 rings (SSSR count). The minimum atomic E-state index is 1.15. The SMILES string of the molecule is CC.CSc1ccc2c(c1)-c1ccc3ccc(SC)cc3c1CC2. The molecule has 3 aromatic rings. The Morgan fingerprint density at radius 3 is 2.12 bits per heavy atom. The first kappa shape index (κ1) is 17.4. The minimum Gasteiger partial charge on any atom is -0.130 e. The van der Waals surface area contributed by atoms with Crippen LogP contribution in [-0.4, -0.2) is 12.5 Å². The molecule has 0 fully saturated rings. The van der Waals surface area contributed by atoms with Crippen LogP contribution in [-0.2, 0) is 12.8 Å². The zero-order chi connectivity index (χ0) is 17.1. The molecular weight excluding hydrogens is 328 g/mol. The standard InChI is InChI=1S/C20H18S2.C2H6/c1-21-15-7-3-13-5-10-18-17(19(13)11-15)9-6-14-4-8-16(22-2)12-20(14)18;1-2/h3-5,7-8,10-12H,6,9H2,1-2H3;1-2H3. The fraction of sp³-hybridized carbons (Fsp3) is 0.273. The molecule has 0 spiro atoms. The molecule has 0 heterocycles. The second-order valence-corrected chi connectivity index (χ2v) is 7.46. The van der Waals surface area contributed by atoms with Gasteiger partial charge in [-0.1, -0.05) is 38.1 Å². The van der Waals surface area contributed by atoms with Crippen LogP contribution in [0.25, 0.3) is 21.9 Å². The van der Waals surface area contributed by atoms with E-state index in [9.17, 15) is 0 Å². The van der Waals surface area contributed by atoms with Gasteiger partial charge in [0.1, 0.15) is 0 Å². The normalized spacial score (nSPS) is 12.2. The Kier molecular flexibility index (Phi) is 5.57. The van der Waals surface area contributed by atoms with Gasteiger partial charge in [0.15, 0.2) is 0 Å². The molecule has 0 nitrogen and oxygen atoms in total. The van der Waals surface area contributed by atoms with Gasteiger partial charge in [0, 0.05) is 9.79 Å². The maximum Gasteiger partial charge on any atom is 0.00756 e. The highest BCUT2D eigenvalue weighted by Crippen LogP contribution is 2.39. The Balaban J connectivity index is 0.000000815. The molecule has 0 radical (unpaired) electrons. The maximum absolute atomic E-state index is 2.36. The van der Waals surface area contributed by atoms with Crippen LogP contribution in [0.15, 0.2) is 58.3 Å². The van der Waals surface area contributed by atoms with Crippen molar-refractivity contribution in [3.05, 3.63) is 59.7 Å². The Morgan fingerprint density at radius 2 is 1.38 bits per heavy atom. The largest absolute Gasteiger partial charge is 0.130 e. The molecule has 0 atom stereocenters. The summed E-state index contributed by atoms with van der Waals surface area (Å²) in [6.45, 7) is 4.00. The average molecular weight is 353 g/mol. The second kappa shape index (κ2) is 7.67. The van der Waals surface area contributed by atoms with Crippen molar-refractivity contribution in [3.8, 4) is 11.1 Å². The minimum absolute atomic E-state index is 1.15. The van der Waals surface area contributed by atoms with E-state index in [-0.39, 0.29) is 0 Å². The summed E-state index contributed by atoms with van der Waals surface area (Å²) in [5.74, 6) is 0. The quantitative estimate of drug-likeness (QED) is 0.452. The molecular formula is C22H24S2. The summed E-state index contributed by atoms with van der Waals surface area (Å²) >= 11 is 3.65. The molecule has 0 saturated heterocycles. The van der Waals surface area contributed by atoms with Crippen LogP contribution in [0.1, 0.15) is 25.0 Å². The molecule has 0 aromatic heterocycles. The van der Waals surface area contributed by atoms with Gasteiger partial charge in [-0.25, -0.2) is 0 Å². The van der Waals surface area contributed by atoms with Crippen LogP contribution in [0.5, 0.6) is 0 Å². The first-order valence-corrected chi connectivity index (χ1v) is 11.0. The summed E-state index contributed by atoms with van der Waals surface area (Å²) in [5.41, 5.74) is 5.89. The predicted molar refractivity (Wildman–Crippen MR) is 112 cm³/mol. The van der Waals surface area contributed by atoms with Gasteiger partial charge in [0.25, 0.3) is 0 Å². The van der Waals surface area contributed by atoms with Crippen LogP contribution < -0.4 is 0 Å². The summed E-state index contributed by atoms with van der Waals surface area (Å²) in [5, 5.41) is 2.80. The Hall–Kier alpha value is -1.38. The molecule has 0 bridgehead atoms. The second-order valence-electron chi connectivity index (χ2n) is 5.70. The van der Waals surface area contributed by atoms with E-state index in [0.29, 0.717) is 0 Å². The van der Waals surface area contributed by atoms with E-state index in [0.717, 1.165) is 12.8 Å². The van der Waals surface area contributed by atoms with Crippen molar-refractivity contribution in [1.29, 1.82) is 0 Å². The van der Waals surface area contributed by atoms with Crippen molar-refractivity contribution in [2.45, 2.75) is 36.5 Å². The Labute approximate surface area is 154 Å². The van der Waals surface area contributed by atoms with E-state index >= 15 is 0 Å². The van der Waals surface area contributed by atoms with E-state index in [1.54, 1.807) is 0 Å². The molecule has 0 aliphatic heterocycles. The molecule has 0 amide bonds. The van der Waals surface area contributed by atoms with Gasteiger partial charge in [-0.05, 0) is 82.6 Å². The third-order valence-electron chi connectivity index (χ3n) is 4.59. The van der Waals surface area contributed by atoms with E-state index in [1.807, 2.05) is 37.4 Å². The lowest BCUT2D eigenvalue weighted by molar-refractivity contribution is 0.947. The lowest BCUT2D eigenvalue weighted by Gasteiger charge is -2.22. The predicted octanol–water partition coefficient (Wildman–Crippen LogP) is 7.08. The topological polar surface area (TPSA) is 0 Å². The number of hydrogen-bond acceptors (Lipinski definition) is 2. The van der Waals surface area contributed by atoms with Gasteiger partial charge in [0.2, 0.25) is 0 Å². The van der Waals surface area contributed by atoms with Crippen molar-refractivity contribution in [1.82, 2.24) is 0 Å². The molecule has 0 N–H and O–H groups in total. The van der Waals surface area contributed by atoms with Gasteiger partial charge < -0.3 is 0 Å². The van der Waals surface area contributed by atoms with E-state index < -0.39 is 0 Å². The smallest absolute Gasteiger partial charge is 0.00756 e. The molecule has 2 heteroatoms. The van der Waals surface area contributed by atoms with Crippen LogP contribution in [0.2, 0.25) is 0 Å². The van der Waals surface area contributed by atoms with Gasteiger partial charge >= 0.3 is 0 Å². The Morgan fingerprint density at radius 1 is 0.708 bits per heavy atom. The highest BCUT2D eigenvalue weighted by atomic mass is 32.2. The molecule has 124 valence electrons. The monoisotopic (exact) mass is 352 g/mol. The van der Waals surface area contributed by atoms with E-state index in [1.165, 1.54) is 42.8 Å². The summed E-state index contributed by atoms with van der Waals surface area (Å²) in [7, 11) is 0. The Bertz CT molecular complexity index is 865. The number of aryl methyl sites for hydroxylation is 2. The van der Waals surface area contributed by atoms with Crippen LogP contribution in [0.4, 0.5) is 0 Å². The van der Waals surface area contributed by atoms with Crippen LogP contribution in [0.3, 0.4) is 0 Å². The molecule has 0 unspecified atom stereocenters. The van der Waals surface area contributed by atoms with Crippen molar-refractivity contribution in [2.75, 3.05) is 12.5 Å². The first-order chi connectivity index (χ1) is 11.8. The highest BCUT2D eigenvalue weighted by molar-refractivity contribution is 7.98. The van der Waals surface area contributed by atoms with Crippen molar-refractivity contribution >= 4 is 34.3 Å². The highest BCUT2D eigenvalue weighted by Gasteiger charge is 2.18. The third kappa shape index (κ3) is 3.10. The van der Waals surface area contributed by atoms with Crippen molar-refractivity contribution in [3.63, 3.8) is 0 Å². The molecule has 3 aromatic carbocycles. The number of benzene rings is 3. The molecule has 1 aliphatic carbocycles. The number of hydrogen-bond donors (Lipinski definition) is 0. The summed E-state index contributed by atoms with van der Waals surface area (Å²) in [6, 6.07) is 18.4. The lowest BCUT2D eigenvalue weighted by atomic mass is 9.83.